The third-order valence-corrected chi connectivity index (χ3v) is 5.40. The van der Waals surface area contributed by atoms with Crippen LogP contribution in [0.1, 0.15) is 18.4 Å². The number of aromatic nitrogens is 1. The number of hydrogen-bond donors (Lipinski definition) is 1. The zero-order valence-electron chi connectivity index (χ0n) is 15.7. The van der Waals surface area contributed by atoms with Gasteiger partial charge in [0.05, 0.1) is 5.69 Å². The van der Waals surface area contributed by atoms with Crippen LogP contribution in [0.3, 0.4) is 0 Å². The molecule has 2 aromatic carbocycles. The molecule has 1 aliphatic heterocycles. The summed E-state index contributed by atoms with van der Waals surface area (Å²) in [6.07, 6.45) is 6.38. The second-order valence-electron chi connectivity index (χ2n) is 7.47. The molecule has 0 saturated heterocycles. The van der Waals surface area contributed by atoms with Crippen molar-refractivity contribution in [1.82, 2.24) is 4.98 Å². The van der Waals surface area contributed by atoms with Crippen LogP contribution in [-0.4, -0.2) is 11.5 Å². The first-order chi connectivity index (χ1) is 13.8. The summed E-state index contributed by atoms with van der Waals surface area (Å²) in [5, 5.41) is 0. The number of pyridine rings is 1. The predicted molar refractivity (Wildman–Crippen MR) is 113 cm³/mol. The fourth-order valence-corrected chi connectivity index (χ4v) is 3.62. The lowest BCUT2D eigenvalue weighted by atomic mass is 9.98. The third-order valence-electron chi connectivity index (χ3n) is 5.40. The Morgan fingerprint density at radius 2 is 1.79 bits per heavy atom. The Morgan fingerprint density at radius 3 is 2.50 bits per heavy atom. The highest BCUT2D eigenvalue weighted by molar-refractivity contribution is 5.85. The van der Waals surface area contributed by atoms with Crippen molar-refractivity contribution in [3.8, 4) is 28.3 Å². The topological polar surface area (TPSA) is 51.4 Å². The molecule has 28 heavy (non-hydrogen) atoms. The van der Waals surface area contributed by atoms with E-state index in [1.165, 1.54) is 12.8 Å². The fraction of sp³-hybridized carbons (Fsp3) is 0.208. The van der Waals surface area contributed by atoms with Gasteiger partial charge in [0.2, 0.25) is 5.88 Å². The molecule has 2 aliphatic rings. The normalized spacial score (nSPS) is 15.2. The maximum atomic E-state index is 5.80. The molecule has 0 amide bonds. The molecule has 5 rings (SSSR count). The Labute approximate surface area is 165 Å². The lowest BCUT2D eigenvalue weighted by Crippen LogP contribution is -2.23. The van der Waals surface area contributed by atoms with Gasteiger partial charge in [-0.15, -0.1) is 0 Å². The van der Waals surface area contributed by atoms with Gasteiger partial charge in [0.25, 0.3) is 0 Å². The molecule has 0 radical (unpaired) electrons. The first-order valence-electron chi connectivity index (χ1n) is 9.81. The largest absolute Gasteiger partial charge is 0.443 e. The Balaban J connectivity index is 1.65. The van der Waals surface area contributed by atoms with Crippen LogP contribution in [0.2, 0.25) is 0 Å². The summed E-state index contributed by atoms with van der Waals surface area (Å²) in [5.74, 6) is 1.44. The van der Waals surface area contributed by atoms with Gasteiger partial charge in [-0.05, 0) is 36.0 Å². The maximum Gasteiger partial charge on any atom is 0.243 e. The molecule has 1 fully saturated rings. The summed E-state index contributed by atoms with van der Waals surface area (Å²) in [4.78, 5) is 7.22. The van der Waals surface area contributed by atoms with E-state index in [0.29, 0.717) is 12.4 Å². The lowest BCUT2D eigenvalue weighted by Gasteiger charge is -2.27. The molecule has 0 unspecified atom stereocenters. The third kappa shape index (κ3) is 3.27. The molecule has 0 bridgehead atoms. The quantitative estimate of drug-likeness (QED) is 0.691. The monoisotopic (exact) mass is 369 g/mol. The van der Waals surface area contributed by atoms with Crippen LogP contribution in [0.4, 0.5) is 5.69 Å². The van der Waals surface area contributed by atoms with Gasteiger partial charge in [0, 0.05) is 30.4 Å². The van der Waals surface area contributed by atoms with Gasteiger partial charge in [-0.3, -0.25) is 0 Å². The zero-order chi connectivity index (χ0) is 18.9. The smallest absolute Gasteiger partial charge is 0.243 e. The number of nitrogens with two attached hydrogens (primary N) is 1. The van der Waals surface area contributed by atoms with E-state index in [2.05, 4.69) is 59.5 Å². The molecule has 0 atom stereocenters. The molecule has 1 saturated carbocycles. The van der Waals surface area contributed by atoms with E-state index in [-0.39, 0.29) is 0 Å². The van der Waals surface area contributed by atoms with Crippen molar-refractivity contribution in [2.75, 3.05) is 11.4 Å². The first-order valence-corrected chi connectivity index (χ1v) is 9.81. The van der Waals surface area contributed by atoms with Crippen molar-refractivity contribution in [2.45, 2.75) is 19.4 Å². The van der Waals surface area contributed by atoms with Crippen molar-refractivity contribution in [3.63, 3.8) is 0 Å². The van der Waals surface area contributed by atoms with E-state index in [1.54, 1.807) is 6.26 Å². The van der Waals surface area contributed by atoms with Crippen molar-refractivity contribution in [3.05, 3.63) is 78.7 Å². The van der Waals surface area contributed by atoms with E-state index >= 15 is 0 Å². The van der Waals surface area contributed by atoms with Crippen LogP contribution in [-0.2, 0) is 6.54 Å². The maximum absolute atomic E-state index is 5.80. The molecule has 2 heterocycles. The SMILES string of the molecule is NCc1ccc(-c2nc3c(cc2-c2ccccc2)N(CC2CC2)C=CO3)cc1. The van der Waals surface area contributed by atoms with Crippen LogP contribution < -0.4 is 15.4 Å². The summed E-state index contributed by atoms with van der Waals surface area (Å²) in [7, 11) is 0. The Morgan fingerprint density at radius 1 is 1.00 bits per heavy atom. The van der Waals surface area contributed by atoms with Gasteiger partial charge in [-0.2, -0.15) is 0 Å². The van der Waals surface area contributed by atoms with Crippen molar-refractivity contribution >= 4 is 5.69 Å². The molecule has 2 N–H and O–H groups in total. The van der Waals surface area contributed by atoms with Gasteiger partial charge in [0.15, 0.2) is 0 Å². The van der Waals surface area contributed by atoms with E-state index < -0.39 is 0 Å². The molecule has 140 valence electrons. The van der Waals surface area contributed by atoms with Gasteiger partial charge in [-0.1, -0.05) is 54.6 Å². The first kappa shape index (κ1) is 17.0. The van der Waals surface area contributed by atoms with E-state index in [1.807, 2.05) is 12.3 Å². The van der Waals surface area contributed by atoms with Crippen LogP contribution >= 0.6 is 0 Å². The minimum Gasteiger partial charge on any atom is -0.443 e. The molecule has 1 aliphatic carbocycles. The van der Waals surface area contributed by atoms with Crippen LogP contribution in [0.5, 0.6) is 5.88 Å². The second-order valence-corrected chi connectivity index (χ2v) is 7.47. The van der Waals surface area contributed by atoms with Gasteiger partial charge >= 0.3 is 0 Å². The summed E-state index contributed by atoms with van der Waals surface area (Å²) < 4.78 is 5.80. The van der Waals surface area contributed by atoms with Gasteiger partial charge in [0.1, 0.15) is 11.9 Å². The number of rotatable bonds is 5. The average molecular weight is 369 g/mol. The van der Waals surface area contributed by atoms with Gasteiger partial charge < -0.3 is 15.4 Å². The number of hydrogen-bond acceptors (Lipinski definition) is 4. The minimum atomic E-state index is 0.535. The number of ether oxygens (including phenoxy) is 1. The number of fused-ring (bicyclic) bond motifs is 1. The molecular formula is C24H23N3O. The van der Waals surface area contributed by atoms with Crippen molar-refractivity contribution < 1.29 is 4.74 Å². The average Bonchev–Trinajstić information content (AvgIpc) is 3.58. The van der Waals surface area contributed by atoms with Crippen molar-refractivity contribution in [2.24, 2.45) is 11.7 Å². The Hall–Kier alpha value is -3.11. The number of benzene rings is 2. The van der Waals surface area contributed by atoms with Crippen LogP contribution in [0, 0.1) is 5.92 Å². The summed E-state index contributed by atoms with van der Waals surface area (Å²) >= 11 is 0. The number of anilines is 1. The van der Waals surface area contributed by atoms with Crippen LogP contribution in [0.15, 0.2) is 73.1 Å². The molecule has 1 aromatic heterocycles. The minimum absolute atomic E-state index is 0.535. The predicted octanol–water partition coefficient (Wildman–Crippen LogP) is 4.95. The molecule has 4 nitrogen and oxygen atoms in total. The van der Waals surface area contributed by atoms with Gasteiger partial charge in [-0.25, -0.2) is 4.98 Å². The van der Waals surface area contributed by atoms with E-state index in [9.17, 15) is 0 Å². The summed E-state index contributed by atoms with van der Waals surface area (Å²) in [6.45, 7) is 1.56. The Kier molecular flexibility index (Phi) is 4.34. The molecule has 4 heteroatoms. The fourth-order valence-electron chi connectivity index (χ4n) is 3.62. The summed E-state index contributed by atoms with van der Waals surface area (Å²) in [5.41, 5.74) is 12.2. The standard InChI is InChI=1S/C24H23N3O/c25-15-17-8-10-20(11-9-17)23-21(19-4-2-1-3-5-19)14-22-24(26-23)28-13-12-27(22)16-18-6-7-18/h1-5,8-14,18H,6-7,15-16,25H2. The Bertz CT molecular complexity index is 1010. The zero-order valence-corrected chi connectivity index (χ0v) is 15.7. The highest BCUT2D eigenvalue weighted by Gasteiger charge is 2.28. The van der Waals surface area contributed by atoms with E-state index in [4.69, 9.17) is 15.5 Å². The van der Waals surface area contributed by atoms with Crippen LogP contribution in [0.25, 0.3) is 22.4 Å². The lowest BCUT2D eigenvalue weighted by molar-refractivity contribution is 0.449. The second kappa shape index (κ2) is 7.13. The van der Waals surface area contributed by atoms with Crippen molar-refractivity contribution in [1.29, 1.82) is 0 Å². The van der Waals surface area contributed by atoms with E-state index in [0.717, 1.165) is 46.1 Å². The summed E-state index contributed by atoms with van der Waals surface area (Å²) in [6, 6.07) is 20.9. The molecule has 3 aromatic rings. The highest BCUT2D eigenvalue weighted by atomic mass is 16.5. The molecular weight excluding hydrogens is 346 g/mol. The highest BCUT2D eigenvalue weighted by Crippen LogP contribution is 2.41. The number of nitrogens with zero attached hydrogens (tertiary/aromatic N) is 2. The molecule has 0 spiro atoms.